The quantitative estimate of drug-likeness (QED) is 0.143. The monoisotopic (exact) mass is 765 g/mol. The van der Waals surface area contributed by atoms with Crippen LogP contribution in [0.3, 0.4) is 0 Å². The third-order valence-corrected chi connectivity index (χ3v) is 12.8. The molecule has 292 valence electrons. The van der Waals surface area contributed by atoms with Crippen LogP contribution in [-0.4, -0.2) is 54.6 Å². The van der Waals surface area contributed by atoms with Gasteiger partial charge >= 0.3 is 0 Å². The van der Waals surface area contributed by atoms with Gasteiger partial charge in [-0.05, 0) is 92.3 Å². The third-order valence-electron chi connectivity index (χ3n) is 11.4. The second kappa shape index (κ2) is 17.1. The lowest BCUT2D eigenvalue weighted by molar-refractivity contribution is -0.255. The average molecular weight is 766 g/mol. The Balaban J connectivity index is 1.14. The molecular formula is C45H55N3O6S. The maximum absolute atomic E-state index is 13.8. The van der Waals surface area contributed by atoms with Crippen molar-refractivity contribution in [2.75, 3.05) is 6.54 Å². The number of carbonyl (C=O) groups excluding carboxylic acids is 1. The number of likely N-dealkylation sites (tertiary alicyclic amines) is 1. The van der Waals surface area contributed by atoms with Gasteiger partial charge < -0.3 is 19.9 Å². The number of nitrogens with zero attached hydrogens (tertiary/aromatic N) is 1. The molecule has 1 saturated carbocycles. The zero-order valence-corrected chi connectivity index (χ0v) is 33.0. The van der Waals surface area contributed by atoms with E-state index in [0.717, 1.165) is 52.6 Å². The molecular weight excluding hydrogens is 711 g/mol. The molecule has 3 N–H and O–H groups in total. The van der Waals surface area contributed by atoms with E-state index in [-0.39, 0.29) is 47.7 Å². The number of nitrogens with one attached hydrogen (secondary N) is 2. The number of fused-ring (bicyclic) bond motifs is 1. The van der Waals surface area contributed by atoms with Crippen LogP contribution >= 0.6 is 0 Å². The normalized spacial score (nSPS) is 24.9. The molecule has 3 fully saturated rings. The van der Waals surface area contributed by atoms with Crippen molar-refractivity contribution >= 4 is 15.9 Å². The fourth-order valence-corrected chi connectivity index (χ4v) is 9.65. The van der Waals surface area contributed by atoms with Crippen molar-refractivity contribution in [2.24, 2.45) is 5.92 Å². The van der Waals surface area contributed by atoms with E-state index in [0.29, 0.717) is 24.9 Å². The maximum atomic E-state index is 13.8. The molecule has 6 atom stereocenters. The predicted octanol–water partition coefficient (Wildman–Crippen LogP) is 7.81. The summed E-state index contributed by atoms with van der Waals surface area (Å²) in [5.41, 5.74) is 5.17. The van der Waals surface area contributed by atoms with Gasteiger partial charge in [-0.2, -0.15) is 0 Å². The summed E-state index contributed by atoms with van der Waals surface area (Å²) in [5, 5.41) is 13.0. The lowest BCUT2D eigenvalue weighted by Gasteiger charge is -2.50. The molecule has 2 saturated heterocycles. The van der Waals surface area contributed by atoms with Gasteiger partial charge in [-0.3, -0.25) is 9.69 Å². The fourth-order valence-electron chi connectivity index (χ4n) is 8.63. The molecule has 0 unspecified atom stereocenters. The number of carbonyl (C=O) groups is 1. The van der Waals surface area contributed by atoms with Crippen LogP contribution in [0.1, 0.15) is 100 Å². The Hall–Kier alpha value is -3.90. The molecule has 55 heavy (non-hydrogen) atoms. The number of aliphatic hydroxyl groups excluding tert-OH is 1. The first kappa shape index (κ1) is 39.3. The van der Waals surface area contributed by atoms with Crippen LogP contribution in [-0.2, 0) is 37.4 Å². The molecule has 2 aliphatic heterocycles. The van der Waals surface area contributed by atoms with Crippen LogP contribution in [0, 0.1) is 5.92 Å². The minimum atomic E-state index is -3.67. The van der Waals surface area contributed by atoms with Crippen molar-refractivity contribution in [1.82, 2.24) is 14.9 Å². The SMILES string of the molecule is CC(C)(C)NC(=O)[C@H]1CC[C@H]2CCCC[C@H]2N1C[C@H]1C[C@@H](c2ccc(CO)cc2)O[C@@H](c2ccc(-c3ccccc3CNS(=O)(=O)c3ccccc3)cc2)O1. The highest BCUT2D eigenvalue weighted by Crippen LogP contribution is 2.42. The van der Waals surface area contributed by atoms with Gasteiger partial charge in [-0.1, -0.05) is 104 Å². The Kier molecular flexibility index (Phi) is 12.2. The number of benzene rings is 4. The molecule has 1 aliphatic carbocycles. The number of amides is 1. The van der Waals surface area contributed by atoms with Crippen LogP contribution in [0.4, 0.5) is 0 Å². The fraction of sp³-hybridized carbons (Fsp3) is 0.444. The van der Waals surface area contributed by atoms with Crippen molar-refractivity contribution in [3.05, 3.63) is 125 Å². The number of hydrogen-bond donors (Lipinski definition) is 3. The van der Waals surface area contributed by atoms with E-state index in [1.807, 2.05) is 93.6 Å². The first-order chi connectivity index (χ1) is 26.5. The zero-order chi connectivity index (χ0) is 38.6. The molecule has 2 heterocycles. The molecule has 4 aromatic rings. The topological polar surface area (TPSA) is 117 Å². The highest BCUT2D eigenvalue weighted by molar-refractivity contribution is 7.89. The van der Waals surface area contributed by atoms with Gasteiger partial charge in [0.25, 0.3) is 0 Å². The van der Waals surface area contributed by atoms with E-state index in [1.165, 1.54) is 19.3 Å². The van der Waals surface area contributed by atoms with Crippen LogP contribution in [0.15, 0.2) is 108 Å². The van der Waals surface area contributed by atoms with E-state index in [4.69, 9.17) is 9.47 Å². The van der Waals surface area contributed by atoms with Crippen molar-refractivity contribution in [3.63, 3.8) is 0 Å². The highest BCUT2D eigenvalue weighted by Gasteiger charge is 2.44. The second-order valence-electron chi connectivity index (χ2n) is 16.4. The van der Waals surface area contributed by atoms with Crippen molar-refractivity contribution < 1.29 is 27.8 Å². The minimum Gasteiger partial charge on any atom is -0.392 e. The number of piperidine rings is 1. The number of sulfonamides is 1. The van der Waals surface area contributed by atoms with E-state index in [1.54, 1.807) is 30.3 Å². The number of hydrogen-bond acceptors (Lipinski definition) is 7. The zero-order valence-electron chi connectivity index (χ0n) is 32.2. The first-order valence-electron chi connectivity index (χ1n) is 19.8. The predicted molar refractivity (Wildman–Crippen MR) is 214 cm³/mol. The summed E-state index contributed by atoms with van der Waals surface area (Å²) in [6, 6.07) is 32.4. The van der Waals surface area contributed by atoms with Crippen LogP contribution in [0.25, 0.3) is 11.1 Å². The molecule has 3 aliphatic rings. The van der Waals surface area contributed by atoms with E-state index >= 15 is 0 Å². The van der Waals surface area contributed by atoms with Gasteiger partial charge in [0.15, 0.2) is 6.29 Å². The third kappa shape index (κ3) is 9.56. The Bertz CT molecular complexity index is 2000. The van der Waals surface area contributed by atoms with Gasteiger partial charge in [0.1, 0.15) is 0 Å². The summed E-state index contributed by atoms with van der Waals surface area (Å²) >= 11 is 0. The summed E-state index contributed by atoms with van der Waals surface area (Å²) in [4.78, 5) is 16.5. The Morgan fingerprint density at radius 2 is 1.51 bits per heavy atom. The smallest absolute Gasteiger partial charge is 0.240 e. The summed E-state index contributed by atoms with van der Waals surface area (Å²) in [5.74, 6) is 0.689. The van der Waals surface area contributed by atoms with Crippen molar-refractivity contribution in [1.29, 1.82) is 0 Å². The molecule has 4 aromatic carbocycles. The molecule has 0 aromatic heterocycles. The lowest BCUT2D eigenvalue weighted by Crippen LogP contribution is -2.61. The number of ether oxygens (including phenoxy) is 2. The van der Waals surface area contributed by atoms with E-state index < -0.39 is 16.3 Å². The molecule has 7 rings (SSSR count). The standard InChI is InChI=1S/C45H55N3O6S/c1-45(2,3)47-43(50)41-26-25-33-11-8-10-16-40(33)48(41)29-37-27-42(34-19-17-31(30-49)18-20-34)54-44(53-37)35-23-21-32(22-24-35)39-15-9-7-12-36(39)28-46-55(51,52)38-13-5-4-6-14-38/h4-7,9,12-15,17-24,33,37,40-42,44,46,49H,8,10-11,16,25-30H2,1-3H3,(H,47,50)/t33-,37-,40-,41-,42+,44+/m1/s1. The van der Waals surface area contributed by atoms with Gasteiger partial charge in [0.2, 0.25) is 15.9 Å². The average Bonchev–Trinajstić information content (AvgIpc) is 3.20. The second-order valence-corrected chi connectivity index (χ2v) is 18.2. The van der Waals surface area contributed by atoms with Gasteiger partial charge in [-0.25, -0.2) is 13.1 Å². The molecule has 0 bridgehead atoms. The molecule has 0 radical (unpaired) electrons. The van der Waals surface area contributed by atoms with E-state index in [9.17, 15) is 18.3 Å². The van der Waals surface area contributed by atoms with E-state index in [2.05, 4.69) is 14.9 Å². The Morgan fingerprint density at radius 3 is 2.24 bits per heavy atom. The number of rotatable bonds is 11. The summed E-state index contributed by atoms with van der Waals surface area (Å²) in [6.07, 6.45) is 6.22. The molecule has 10 heteroatoms. The first-order valence-corrected chi connectivity index (χ1v) is 21.3. The Labute approximate surface area is 326 Å². The summed E-state index contributed by atoms with van der Waals surface area (Å²) < 4.78 is 42.3. The van der Waals surface area contributed by atoms with Gasteiger partial charge in [0, 0.05) is 36.7 Å². The number of aliphatic hydroxyl groups is 1. The molecule has 9 nitrogen and oxygen atoms in total. The maximum Gasteiger partial charge on any atom is 0.240 e. The van der Waals surface area contributed by atoms with Crippen molar-refractivity contribution in [3.8, 4) is 11.1 Å². The van der Waals surface area contributed by atoms with Gasteiger partial charge in [-0.15, -0.1) is 0 Å². The minimum absolute atomic E-state index is 0.0237. The largest absolute Gasteiger partial charge is 0.392 e. The highest BCUT2D eigenvalue weighted by atomic mass is 32.2. The van der Waals surface area contributed by atoms with Crippen molar-refractivity contribution in [2.45, 2.75) is 120 Å². The van der Waals surface area contributed by atoms with Crippen LogP contribution < -0.4 is 10.0 Å². The van der Waals surface area contributed by atoms with Crippen LogP contribution in [0.2, 0.25) is 0 Å². The Morgan fingerprint density at radius 1 is 0.818 bits per heavy atom. The van der Waals surface area contributed by atoms with Gasteiger partial charge in [0.05, 0.1) is 29.8 Å². The lowest BCUT2D eigenvalue weighted by atomic mass is 9.75. The van der Waals surface area contributed by atoms with Crippen LogP contribution in [0.5, 0.6) is 0 Å². The molecule has 1 amide bonds. The summed E-state index contributed by atoms with van der Waals surface area (Å²) in [7, 11) is -3.67. The summed E-state index contributed by atoms with van der Waals surface area (Å²) in [6.45, 7) is 6.88. The molecule has 0 spiro atoms.